The van der Waals surface area contributed by atoms with Crippen molar-refractivity contribution in [1.82, 2.24) is 10.2 Å². The number of nitrogens with zero attached hydrogens (tertiary/aromatic N) is 2. The van der Waals surface area contributed by atoms with Crippen LogP contribution in [-0.4, -0.2) is 50.5 Å². The summed E-state index contributed by atoms with van der Waals surface area (Å²) in [6.07, 6.45) is 1.28. The number of sulfonamides is 1. The van der Waals surface area contributed by atoms with Gasteiger partial charge >= 0.3 is 0 Å². The highest BCUT2D eigenvalue weighted by molar-refractivity contribution is 7.92. The third-order valence-corrected chi connectivity index (χ3v) is 7.43. The van der Waals surface area contributed by atoms with Crippen molar-refractivity contribution in [2.24, 2.45) is 0 Å². The van der Waals surface area contributed by atoms with Gasteiger partial charge in [-0.25, -0.2) is 8.42 Å². The van der Waals surface area contributed by atoms with Crippen LogP contribution in [0, 0.1) is 0 Å². The highest BCUT2D eigenvalue weighted by Gasteiger charge is 2.32. The predicted octanol–water partition coefficient (Wildman–Crippen LogP) is 5.01. The van der Waals surface area contributed by atoms with Gasteiger partial charge in [0.1, 0.15) is 12.6 Å². The van der Waals surface area contributed by atoms with Crippen LogP contribution in [0.3, 0.4) is 0 Å². The predicted molar refractivity (Wildman–Crippen MR) is 138 cm³/mol. The van der Waals surface area contributed by atoms with E-state index >= 15 is 0 Å². The van der Waals surface area contributed by atoms with E-state index in [1.54, 1.807) is 26.0 Å². The molecule has 0 aliphatic rings. The Morgan fingerprint density at radius 1 is 0.971 bits per heavy atom. The SMILES string of the molecule is CCNC(=O)[C@H](CC)N(Cc1ccc(Cl)cc1Cl)C(=O)CN(c1ccc(Cl)c(Cl)c1)S(C)(=O)=O. The Morgan fingerprint density at radius 2 is 1.65 bits per heavy atom. The average Bonchev–Trinajstić information content (AvgIpc) is 2.74. The monoisotopic (exact) mass is 567 g/mol. The first kappa shape index (κ1) is 28.5. The zero-order valence-corrected chi connectivity index (χ0v) is 22.7. The second-order valence-corrected chi connectivity index (χ2v) is 11.0. The molecule has 0 spiro atoms. The van der Waals surface area contributed by atoms with Crippen molar-refractivity contribution >= 4 is 73.9 Å². The van der Waals surface area contributed by atoms with Crippen molar-refractivity contribution in [3.05, 3.63) is 62.1 Å². The van der Waals surface area contributed by atoms with Gasteiger partial charge in [0, 0.05) is 23.1 Å². The number of hydrogen-bond acceptors (Lipinski definition) is 4. The molecule has 34 heavy (non-hydrogen) atoms. The van der Waals surface area contributed by atoms with Gasteiger partial charge < -0.3 is 10.2 Å². The maximum atomic E-state index is 13.5. The molecule has 0 saturated heterocycles. The van der Waals surface area contributed by atoms with E-state index in [0.29, 0.717) is 28.6 Å². The van der Waals surface area contributed by atoms with Crippen LogP contribution in [-0.2, 0) is 26.2 Å². The molecular weight excluding hydrogens is 544 g/mol. The largest absolute Gasteiger partial charge is 0.355 e. The van der Waals surface area contributed by atoms with Gasteiger partial charge in [0.15, 0.2) is 0 Å². The van der Waals surface area contributed by atoms with Crippen molar-refractivity contribution in [2.45, 2.75) is 32.9 Å². The number of likely N-dealkylation sites (N-methyl/N-ethyl adjacent to an activating group) is 1. The van der Waals surface area contributed by atoms with E-state index < -0.39 is 28.5 Å². The number of nitrogens with one attached hydrogen (secondary N) is 1. The Kier molecular flexibility index (Phi) is 10.3. The van der Waals surface area contributed by atoms with E-state index in [1.807, 2.05) is 0 Å². The molecule has 7 nitrogen and oxygen atoms in total. The Hall–Kier alpha value is -1.71. The van der Waals surface area contributed by atoms with Crippen LogP contribution in [0.4, 0.5) is 5.69 Å². The Morgan fingerprint density at radius 3 is 2.18 bits per heavy atom. The fraction of sp³-hybridized carbons (Fsp3) is 0.364. The fourth-order valence-corrected chi connectivity index (χ4v) is 4.90. The number of anilines is 1. The highest BCUT2D eigenvalue weighted by atomic mass is 35.5. The molecule has 0 aromatic heterocycles. The molecule has 0 fully saturated rings. The normalized spacial score (nSPS) is 12.2. The molecule has 0 bridgehead atoms. The van der Waals surface area contributed by atoms with Crippen molar-refractivity contribution in [3.63, 3.8) is 0 Å². The van der Waals surface area contributed by atoms with E-state index in [4.69, 9.17) is 46.4 Å². The molecular formula is C22H25Cl4N3O4S. The molecule has 2 aromatic carbocycles. The molecule has 0 radical (unpaired) electrons. The number of carbonyl (C=O) groups is 2. The highest BCUT2D eigenvalue weighted by Crippen LogP contribution is 2.29. The van der Waals surface area contributed by atoms with Crippen molar-refractivity contribution in [3.8, 4) is 0 Å². The standard InChI is InChI=1S/C22H25Cl4N3O4S/c1-4-20(22(31)27-5-2)28(12-14-6-7-15(23)10-18(14)25)21(30)13-29(34(3,32)33)16-8-9-17(24)19(26)11-16/h6-11,20H,4-5,12-13H2,1-3H3,(H,27,31)/t20-/m0/s1. The third-order valence-electron chi connectivity index (χ3n) is 4.96. The molecule has 2 aromatic rings. The van der Waals surface area contributed by atoms with E-state index in [2.05, 4.69) is 5.32 Å². The van der Waals surface area contributed by atoms with Gasteiger partial charge in [0.25, 0.3) is 0 Å². The second-order valence-electron chi connectivity index (χ2n) is 7.44. The topological polar surface area (TPSA) is 86.8 Å². The average molecular weight is 569 g/mol. The summed E-state index contributed by atoms with van der Waals surface area (Å²) in [6, 6.07) is 8.21. The molecule has 0 saturated carbocycles. The lowest BCUT2D eigenvalue weighted by Gasteiger charge is -2.33. The van der Waals surface area contributed by atoms with Crippen molar-refractivity contribution in [1.29, 1.82) is 0 Å². The summed E-state index contributed by atoms with van der Waals surface area (Å²) in [5.74, 6) is -0.954. The maximum Gasteiger partial charge on any atom is 0.244 e. The van der Waals surface area contributed by atoms with Gasteiger partial charge in [-0.3, -0.25) is 13.9 Å². The molecule has 2 rings (SSSR count). The molecule has 1 N–H and O–H groups in total. The first-order chi connectivity index (χ1) is 15.9. The van der Waals surface area contributed by atoms with Crippen molar-refractivity contribution in [2.75, 3.05) is 23.7 Å². The summed E-state index contributed by atoms with van der Waals surface area (Å²) in [6.45, 7) is 3.32. The van der Waals surface area contributed by atoms with Gasteiger partial charge in [0.2, 0.25) is 21.8 Å². The molecule has 12 heteroatoms. The lowest BCUT2D eigenvalue weighted by atomic mass is 10.1. The minimum atomic E-state index is -3.89. The zero-order valence-electron chi connectivity index (χ0n) is 18.8. The van der Waals surface area contributed by atoms with E-state index in [1.165, 1.54) is 29.2 Å². The number of carbonyl (C=O) groups excluding carboxylic acids is 2. The van der Waals surface area contributed by atoms with Crippen LogP contribution in [0.25, 0.3) is 0 Å². The van der Waals surface area contributed by atoms with Gasteiger partial charge in [-0.15, -0.1) is 0 Å². The Balaban J connectivity index is 2.48. The Labute approximate surface area is 220 Å². The van der Waals surface area contributed by atoms with Crippen LogP contribution in [0.15, 0.2) is 36.4 Å². The molecule has 0 aliphatic carbocycles. The molecule has 0 heterocycles. The van der Waals surface area contributed by atoms with Gasteiger partial charge in [-0.2, -0.15) is 0 Å². The summed E-state index contributed by atoms with van der Waals surface area (Å²) in [4.78, 5) is 27.6. The van der Waals surface area contributed by atoms with Crippen LogP contribution in [0.1, 0.15) is 25.8 Å². The number of halogens is 4. The molecule has 2 amide bonds. The second kappa shape index (κ2) is 12.3. The minimum Gasteiger partial charge on any atom is -0.355 e. The summed E-state index contributed by atoms with van der Waals surface area (Å²) in [5.41, 5.74) is 0.725. The lowest BCUT2D eigenvalue weighted by molar-refractivity contribution is -0.140. The van der Waals surface area contributed by atoms with Crippen LogP contribution < -0.4 is 9.62 Å². The zero-order chi connectivity index (χ0) is 25.6. The molecule has 0 aliphatic heterocycles. The molecule has 1 atom stereocenters. The summed E-state index contributed by atoms with van der Waals surface area (Å²) in [5, 5.41) is 3.84. The van der Waals surface area contributed by atoms with E-state index in [9.17, 15) is 18.0 Å². The third kappa shape index (κ3) is 7.39. The van der Waals surface area contributed by atoms with Crippen LogP contribution in [0.2, 0.25) is 20.1 Å². The van der Waals surface area contributed by atoms with Crippen molar-refractivity contribution < 1.29 is 18.0 Å². The van der Waals surface area contributed by atoms with E-state index in [0.717, 1.165) is 10.6 Å². The summed E-state index contributed by atoms with van der Waals surface area (Å²) >= 11 is 24.3. The molecule has 0 unspecified atom stereocenters. The first-order valence-electron chi connectivity index (χ1n) is 10.3. The lowest BCUT2D eigenvalue weighted by Crippen LogP contribution is -2.52. The number of benzene rings is 2. The number of rotatable bonds is 10. The first-order valence-corrected chi connectivity index (χ1v) is 13.7. The van der Waals surface area contributed by atoms with Crippen LogP contribution >= 0.6 is 46.4 Å². The minimum absolute atomic E-state index is 0.0244. The molecule has 186 valence electrons. The van der Waals surface area contributed by atoms with Gasteiger partial charge in [-0.1, -0.05) is 59.4 Å². The summed E-state index contributed by atoms with van der Waals surface area (Å²) in [7, 11) is -3.89. The quantitative estimate of drug-likeness (QED) is 0.436. The number of hydrogen-bond donors (Lipinski definition) is 1. The Bertz CT molecular complexity index is 1160. The number of amides is 2. The van der Waals surface area contributed by atoms with Gasteiger partial charge in [0.05, 0.1) is 22.0 Å². The van der Waals surface area contributed by atoms with Gasteiger partial charge in [-0.05, 0) is 49.2 Å². The van der Waals surface area contributed by atoms with Crippen LogP contribution in [0.5, 0.6) is 0 Å². The van der Waals surface area contributed by atoms with E-state index in [-0.39, 0.29) is 28.2 Å². The fourth-order valence-electron chi connectivity index (χ4n) is 3.30. The maximum absolute atomic E-state index is 13.5. The summed E-state index contributed by atoms with van der Waals surface area (Å²) < 4.78 is 26.1. The smallest absolute Gasteiger partial charge is 0.244 e.